The van der Waals surface area contributed by atoms with E-state index in [4.69, 9.17) is 7.85 Å². The summed E-state index contributed by atoms with van der Waals surface area (Å²) in [6.07, 6.45) is 0. The van der Waals surface area contributed by atoms with Gasteiger partial charge in [-0.25, -0.2) is 0 Å². The van der Waals surface area contributed by atoms with E-state index in [0.717, 1.165) is 5.39 Å². The van der Waals surface area contributed by atoms with Crippen molar-refractivity contribution in [1.29, 1.82) is 0 Å². The molecule has 0 unspecified atom stereocenters. The predicted octanol–water partition coefficient (Wildman–Crippen LogP) is 3.00. The average Bonchev–Trinajstić information content (AvgIpc) is 2.69. The molecule has 6 nitrogen and oxygen atoms in total. The average molecular weight is 374 g/mol. The number of phenolic OH excluding ortho intramolecular Hbond substituents is 6. The normalized spacial score (nSPS) is 11.3. The molecule has 0 heterocycles. The maximum Gasteiger partial charge on any atom is 0.200 e. The minimum Gasteiger partial charge on any atom is -0.507 e. The first-order chi connectivity index (χ1) is 13.3. The molecular weight excluding hydrogens is 359 g/mol. The lowest BCUT2D eigenvalue weighted by atomic mass is 9.83. The van der Waals surface area contributed by atoms with E-state index >= 15 is 0 Å². The predicted molar refractivity (Wildman–Crippen MR) is 107 cm³/mol. The van der Waals surface area contributed by atoms with Gasteiger partial charge in [0, 0.05) is 10.9 Å². The van der Waals surface area contributed by atoms with E-state index in [1.807, 2.05) is 18.2 Å². The number of hydrogen-bond donors (Lipinski definition) is 6. The first kappa shape index (κ1) is 17.7. The van der Waals surface area contributed by atoms with Crippen LogP contribution in [-0.4, -0.2) is 38.5 Å². The third-order valence-electron chi connectivity index (χ3n) is 5.02. The first-order valence-electron chi connectivity index (χ1n) is 8.37. The van der Waals surface area contributed by atoms with E-state index in [2.05, 4.69) is 0 Å². The second kappa shape index (κ2) is 5.89. The molecule has 4 rings (SSSR count). The van der Waals surface area contributed by atoms with Crippen molar-refractivity contribution in [2.45, 2.75) is 6.92 Å². The van der Waals surface area contributed by atoms with Crippen LogP contribution < -0.4 is 5.46 Å². The van der Waals surface area contributed by atoms with Crippen LogP contribution in [0.1, 0.15) is 5.56 Å². The van der Waals surface area contributed by atoms with Crippen molar-refractivity contribution in [1.82, 2.24) is 0 Å². The van der Waals surface area contributed by atoms with E-state index in [9.17, 15) is 30.6 Å². The molecule has 0 aromatic heterocycles. The second-order valence-corrected chi connectivity index (χ2v) is 6.61. The van der Waals surface area contributed by atoms with Crippen LogP contribution in [0, 0.1) is 6.92 Å². The van der Waals surface area contributed by atoms with E-state index in [0.29, 0.717) is 16.5 Å². The minimum atomic E-state index is -0.965. The van der Waals surface area contributed by atoms with Gasteiger partial charge in [0.05, 0.1) is 10.9 Å². The number of hydrogen-bond acceptors (Lipinski definition) is 6. The summed E-state index contributed by atoms with van der Waals surface area (Å²) in [5.74, 6) is -4.74. The van der Waals surface area contributed by atoms with Gasteiger partial charge in [0.15, 0.2) is 28.7 Å². The van der Waals surface area contributed by atoms with E-state index < -0.39 is 45.3 Å². The van der Waals surface area contributed by atoms with Crippen LogP contribution >= 0.6 is 0 Å². The summed E-state index contributed by atoms with van der Waals surface area (Å²) in [6.45, 7) is 1.77. The van der Waals surface area contributed by atoms with Crippen molar-refractivity contribution in [3.63, 3.8) is 0 Å². The van der Waals surface area contributed by atoms with Crippen LogP contribution in [0.2, 0.25) is 0 Å². The maximum absolute atomic E-state index is 11.0. The van der Waals surface area contributed by atoms with Crippen molar-refractivity contribution in [2.75, 3.05) is 0 Å². The maximum atomic E-state index is 11.0. The third-order valence-corrected chi connectivity index (χ3v) is 5.02. The summed E-state index contributed by atoms with van der Waals surface area (Å²) >= 11 is 0. The summed E-state index contributed by atoms with van der Waals surface area (Å²) in [4.78, 5) is 0. The highest BCUT2D eigenvalue weighted by molar-refractivity contribution is 6.43. The first-order valence-corrected chi connectivity index (χ1v) is 8.37. The molecule has 138 valence electrons. The molecule has 7 heteroatoms. The Morgan fingerprint density at radius 1 is 0.607 bits per heavy atom. The lowest BCUT2D eigenvalue weighted by Crippen LogP contribution is -2.06. The lowest BCUT2D eigenvalue weighted by molar-refractivity contribution is 0.369. The van der Waals surface area contributed by atoms with Gasteiger partial charge in [0.25, 0.3) is 0 Å². The van der Waals surface area contributed by atoms with Crippen LogP contribution in [0.15, 0.2) is 36.4 Å². The van der Waals surface area contributed by atoms with E-state index in [1.165, 1.54) is 0 Å². The van der Waals surface area contributed by atoms with E-state index in [-0.39, 0.29) is 10.9 Å². The summed E-state index contributed by atoms with van der Waals surface area (Å²) < 4.78 is 0. The highest BCUT2D eigenvalue weighted by Gasteiger charge is 2.28. The van der Waals surface area contributed by atoms with Gasteiger partial charge in [0.1, 0.15) is 13.6 Å². The molecule has 0 bridgehead atoms. The van der Waals surface area contributed by atoms with Gasteiger partial charge >= 0.3 is 0 Å². The smallest absolute Gasteiger partial charge is 0.200 e. The topological polar surface area (TPSA) is 121 Å². The zero-order valence-electron chi connectivity index (χ0n) is 14.7. The Bertz CT molecular complexity index is 1300. The molecule has 0 aliphatic rings. The molecule has 28 heavy (non-hydrogen) atoms. The van der Waals surface area contributed by atoms with Crippen molar-refractivity contribution < 1.29 is 30.6 Å². The second-order valence-electron chi connectivity index (χ2n) is 6.61. The molecule has 0 spiro atoms. The Morgan fingerprint density at radius 3 is 1.96 bits per heavy atom. The van der Waals surface area contributed by atoms with Gasteiger partial charge in [0.2, 0.25) is 0 Å². The van der Waals surface area contributed by atoms with Gasteiger partial charge in [-0.05, 0) is 28.7 Å². The molecule has 0 saturated heterocycles. The van der Waals surface area contributed by atoms with Gasteiger partial charge in [-0.2, -0.15) is 0 Å². The highest BCUT2D eigenvalue weighted by atomic mass is 16.3. The van der Waals surface area contributed by atoms with Gasteiger partial charge in [-0.1, -0.05) is 36.4 Å². The van der Waals surface area contributed by atoms with E-state index in [1.54, 1.807) is 25.1 Å². The Balaban J connectivity index is 2.28. The van der Waals surface area contributed by atoms with Gasteiger partial charge in [-0.15, -0.1) is 0 Å². The van der Waals surface area contributed by atoms with Crippen molar-refractivity contribution in [3.05, 3.63) is 42.0 Å². The van der Waals surface area contributed by atoms with Gasteiger partial charge in [-0.3, -0.25) is 0 Å². The van der Waals surface area contributed by atoms with Crippen LogP contribution in [0.3, 0.4) is 0 Å². The molecule has 0 saturated carbocycles. The molecule has 0 aliphatic carbocycles. The number of fused-ring (bicyclic) bond motifs is 2. The zero-order chi connectivity index (χ0) is 20.3. The number of rotatable bonds is 1. The fourth-order valence-electron chi connectivity index (χ4n) is 3.63. The molecule has 0 amide bonds. The molecule has 6 N–H and O–H groups in total. The Hall–Kier alpha value is -3.74. The summed E-state index contributed by atoms with van der Waals surface area (Å²) in [7, 11) is 5.83. The van der Waals surface area contributed by atoms with Crippen LogP contribution in [0.4, 0.5) is 0 Å². The van der Waals surface area contributed by atoms with Crippen LogP contribution in [0.25, 0.3) is 32.7 Å². The Labute approximate surface area is 160 Å². The quantitative estimate of drug-likeness (QED) is 0.173. The summed E-state index contributed by atoms with van der Waals surface area (Å²) in [5, 5.41) is 62.9. The third kappa shape index (κ3) is 2.16. The molecular formula is C21H15BO6. The molecule has 0 aliphatic heterocycles. The largest absolute Gasteiger partial charge is 0.507 e. The number of benzene rings is 4. The van der Waals surface area contributed by atoms with Gasteiger partial charge < -0.3 is 30.6 Å². The summed E-state index contributed by atoms with van der Waals surface area (Å²) in [5.41, 5.74) is 0.610. The Morgan fingerprint density at radius 2 is 1.25 bits per heavy atom. The highest BCUT2D eigenvalue weighted by Crippen LogP contribution is 2.55. The van der Waals surface area contributed by atoms with Crippen LogP contribution in [0.5, 0.6) is 34.5 Å². The van der Waals surface area contributed by atoms with Crippen molar-refractivity contribution in [3.8, 4) is 45.6 Å². The minimum absolute atomic E-state index is 0.101. The molecule has 0 atom stereocenters. The standard InChI is InChI=1S/C21H15BO6/c1-8-6-7-9-4-2-3-5-10(9)11(8)13-16(23)12-14(18(25)17(13)24)19(26)21(28)20(27)15(12)22/h2-7,23-28H,1H3. The molecule has 2 radical (unpaired) electrons. The molecule has 4 aromatic carbocycles. The Kier molecular flexibility index (Phi) is 3.71. The summed E-state index contributed by atoms with van der Waals surface area (Å²) in [6, 6.07) is 11.0. The SMILES string of the molecule is [B]c1c(O)c(O)c(O)c2c(O)c(O)c(-c3c(C)ccc4ccccc34)c(O)c12. The lowest BCUT2D eigenvalue weighted by Gasteiger charge is -2.19. The monoisotopic (exact) mass is 374 g/mol. The molecule has 4 aromatic rings. The number of phenols is 6. The van der Waals surface area contributed by atoms with Crippen LogP contribution in [-0.2, 0) is 0 Å². The number of aromatic hydroxyl groups is 6. The van der Waals surface area contributed by atoms with Crippen molar-refractivity contribution in [2.24, 2.45) is 0 Å². The van der Waals surface area contributed by atoms with Crippen molar-refractivity contribution >= 4 is 34.9 Å². The fraction of sp³-hybridized carbons (Fsp3) is 0.0476. The molecule has 0 fully saturated rings. The number of aryl methyl sites for hydroxylation is 1. The zero-order valence-corrected chi connectivity index (χ0v) is 14.7. The fourth-order valence-corrected chi connectivity index (χ4v) is 3.63.